The van der Waals surface area contributed by atoms with Crippen LogP contribution in [0.2, 0.25) is 0 Å². The van der Waals surface area contributed by atoms with E-state index in [-0.39, 0.29) is 5.95 Å². The molecule has 0 bridgehead atoms. The average Bonchev–Trinajstić information content (AvgIpc) is 2.37. The zero-order valence-electron chi connectivity index (χ0n) is 12.1. The summed E-state index contributed by atoms with van der Waals surface area (Å²) in [5.74, 6) is 0.213. The van der Waals surface area contributed by atoms with Crippen molar-refractivity contribution < 1.29 is 9.53 Å². The maximum atomic E-state index is 11.7. The van der Waals surface area contributed by atoms with E-state index in [0.29, 0.717) is 0 Å². The normalized spacial score (nSPS) is 11.0. The molecular formula is C15H16BrN3O2. The minimum atomic E-state index is -0.574. The van der Waals surface area contributed by atoms with Crippen LogP contribution in [-0.2, 0) is 4.74 Å². The predicted octanol–water partition coefficient (Wildman–Crippen LogP) is 4.25. The molecule has 1 heterocycles. The van der Waals surface area contributed by atoms with E-state index in [9.17, 15) is 4.79 Å². The first-order chi connectivity index (χ1) is 9.83. The lowest BCUT2D eigenvalue weighted by Gasteiger charge is -2.19. The van der Waals surface area contributed by atoms with E-state index in [1.54, 1.807) is 33.0 Å². The van der Waals surface area contributed by atoms with E-state index in [1.165, 1.54) is 0 Å². The summed E-state index contributed by atoms with van der Waals surface area (Å²) in [5.41, 5.74) is 1.10. The van der Waals surface area contributed by atoms with Crippen LogP contribution >= 0.6 is 15.9 Å². The molecule has 0 spiro atoms. The fourth-order valence-corrected chi connectivity index (χ4v) is 1.86. The summed E-state index contributed by atoms with van der Waals surface area (Å²) in [6.45, 7) is 5.39. The molecule has 0 aliphatic rings. The van der Waals surface area contributed by atoms with E-state index >= 15 is 0 Å². The van der Waals surface area contributed by atoms with Gasteiger partial charge in [0.25, 0.3) is 0 Å². The number of hydrogen-bond donors (Lipinski definition) is 1. The Labute approximate surface area is 131 Å². The fourth-order valence-electron chi connectivity index (χ4n) is 1.60. The van der Waals surface area contributed by atoms with Crippen LogP contribution in [-0.4, -0.2) is 21.7 Å². The highest BCUT2D eigenvalue weighted by Gasteiger charge is 2.17. The summed E-state index contributed by atoms with van der Waals surface area (Å²) in [6.07, 6.45) is 1.02. The Morgan fingerprint density at radius 3 is 2.48 bits per heavy atom. The number of carbonyl (C=O) groups excluding carboxylic acids is 1. The third-order valence-corrected chi connectivity index (χ3v) is 2.94. The standard InChI is InChI=1S/C15H16BrN3O2/c1-15(2,3)21-14(20)19-13-17-9-8-12(18-13)10-4-6-11(16)7-5-10/h4-9H,1-3H3,(H,17,18,19,20). The summed E-state index contributed by atoms with van der Waals surface area (Å²) in [5, 5.41) is 2.53. The van der Waals surface area contributed by atoms with Crippen molar-refractivity contribution in [2.45, 2.75) is 26.4 Å². The van der Waals surface area contributed by atoms with E-state index in [4.69, 9.17) is 4.74 Å². The summed E-state index contributed by atoms with van der Waals surface area (Å²) >= 11 is 3.39. The first-order valence-corrected chi connectivity index (χ1v) is 7.22. The van der Waals surface area contributed by atoms with E-state index in [0.717, 1.165) is 15.7 Å². The molecule has 1 N–H and O–H groups in total. The number of nitrogens with one attached hydrogen (secondary N) is 1. The smallest absolute Gasteiger partial charge is 0.414 e. The quantitative estimate of drug-likeness (QED) is 0.879. The Balaban J connectivity index is 2.14. The van der Waals surface area contributed by atoms with Crippen LogP contribution in [0.25, 0.3) is 11.3 Å². The molecule has 0 saturated heterocycles. The van der Waals surface area contributed by atoms with E-state index < -0.39 is 11.7 Å². The van der Waals surface area contributed by atoms with Crippen LogP contribution < -0.4 is 5.32 Å². The highest BCUT2D eigenvalue weighted by Crippen LogP contribution is 2.20. The molecule has 6 heteroatoms. The molecule has 0 atom stereocenters. The molecule has 2 aromatic rings. The maximum absolute atomic E-state index is 11.7. The van der Waals surface area contributed by atoms with Crippen LogP contribution in [0.5, 0.6) is 0 Å². The molecule has 0 aliphatic heterocycles. The van der Waals surface area contributed by atoms with Crippen LogP contribution in [0, 0.1) is 0 Å². The highest BCUT2D eigenvalue weighted by atomic mass is 79.9. The third-order valence-electron chi connectivity index (χ3n) is 2.41. The monoisotopic (exact) mass is 349 g/mol. The lowest BCUT2D eigenvalue weighted by molar-refractivity contribution is 0.0634. The van der Waals surface area contributed by atoms with Crippen LogP contribution in [0.1, 0.15) is 20.8 Å². The molecule has 1 aromatic heterocycles. The summed E-state index contributed by atoms with van der Waals surface area (Å²) in [4.78, 5) is 20.0. The highest BCUT2D eigenvalue weighted by molar-refractivity contribution is 9.10. The molecule has 0 saturated carbocycles. The van der Waals surface area contributed by atoms with Gasteiger partial charge < -0.3 is 4.74 Å². The Bertz CT molecular complexity index is 636. The Kier molecular flexibility index (Phi) is 4.57. The van der Waals surface area contributed by atoms with Gasteiger partial charge in [0.2, 0.25) is 5.95 Å². The van der Waals surface area contributed by atoms with Crippen molar-refractivity contribution in [1.29, 1.82) is 0 Å². The average molecular weight is 350 g/mol. The van der Waals surface area contributed by atoms with Crippen molar-refractivity contribution in [3.63, 3.8) is 0 Å². The summed E-state index contributed by atoms with van der Waals surface area (Å²) in [7, 11) is 0. The SMILES string of the molecule is CC(C)(C)OC(=O)Nc1nccc(-c2ccc(Br)cc2)n1. The molecule has 21 heavy (non-hydrogen) atoms. The van der Waals surface area contributed by atoms with Crippen molar-refractivity contribution in [3.8, 4) is 11.3 Å². The van der Waals surface area contributed by atoms with Gasteiger partial charge in [0, 0.05) is 16.2 Å². The largest absolute Gasteiger partial charge is 0.444 e. The number of benzene rings is 1. The number of rotatable bonds is 2. The minimum absolute atomic E-state index is 0.213. The second kappa shape index (κ2) is 6.22. The Morgan fingerprint density at radius 1 is 1.19 bits per heavy atom. The molecule has 0 fully saturated rings. The van der Waals surface area contributed by atoms with Gasteiger partial charge in [0.15, 0.2) is 0 Å². The second-order valence-electron chi connectivity index (χ2n) is 5.40. The molecule has 0 unspecified atom stereocenters. The van der Waals surface area contributed by atoms with Gasteiger partial charge in [-0.25, -0.2) is 14.8 Å². The van der Waals surface area contributed by atoms with Crippen molar-refractivity contribution >= 4 is 28.0 Å². The molecule has 110 valence electrons. The van der Waals surface area contributed by atoms with Crippen LogP contribution in [0.15, 0.2) is 41.0 Å². The molecule has 0 radical (unpaired) electrons. The fraction of sp³-hybridized carbons (Fsp3) is 0.267. The number of anilines is 1. The Morgan fingerprint density at radius 2 is 1.86 bits per heavy atom. The Hall–Kier alpha value is -1.95. The molecule has 1 aromatic carbocycles. The first kappa shape index (κ1) is 15.4. The van der Waals surface area contributed by atoms with Crippen LogP contribution in [0.3, 0.4) is 0 Å². The van der Waals surface area contributed by atoms with Gasteiger partial charge in [-0.3, -0.25) is 5.32 Å². The lowest BCUT2D eigenvalue weighted by atomic mass is 10.1. The number of aromatic nitrogens is 2. The van der Waals surface area contributed by atoms with Crippen molar-refractivity contribution in [3.05, 3.63) is 41.0 Å². The number of amides is 1. The number of halogens is 1. The number of hydrogen-bond acceptors (Lipinski definition) is 4. The van der Waals surface area contributed by atoms with Crippen molar-refractivity contribution in [2.24, 2.45) is 0 Å². The van der Waals surface area contributed by atoms with E-state index in [1.807, 2.05) is 24.3 Å². The lowest BCUT2D eigenvalue weighted by Crippen LogP contribution is -2.27. The van der Waals surface area contributed by atoms with Crippen molar-refractivity contribution in [1.82, 2.24) is 9.97 Å². The molecule has 2 rings (SSSR count). The summed E-state index contributed by atoms with van der Waals surface area (Å²) < 4.78 is 6.16. The predicted molar refractivity (Wildman–Crippen MR) is 85.0 cm³/mol. The van der Waals surface area contributed by atoms with Gasteiger partial charge in [-0.2, -0.15) is 0 Å². The number of ether oxygens (including phenoxy) is 1. The van der Waals surface area contributed by atoms with E-state index in [2.05, 4.69) is 31.2 Å². The summed E-state index contributed by atoms with van der Waals surface area (Å²) in [6, 6.07) is 9.51. The molecular weight excluding hydrogens is 334 g/mol. The van der Waals surface area contributed by atoms with Gasteiger partial charge >= 0.3 is 6.09 Å². The molecule has 1 amide bonds. The van der Waals surface area contributed by atoms with Gasteiger partial charge in [-0.1, -0.05) is 28.1 Å². The third kappa shape index (κ3) is 4.82. The van der Waals surface area contributed by atoms with Crippen LogP contribution in [0.4, 0.5) is 10.7 Å². The number of carbonyl (C=O) groups is 1. The first-order valence-electron chi connectivity index (χ1n) is 6.42. The van der Waals surface area contributed by atoms with Gasteiger partial charge in [-0.15, -0.1) is 0 Å². The molecule has 5 nitrogen and oxygen atoms in total. The minimum Gasteiger partial charge on any atom is -0.444 e. The van der Waals surface area contributed by atoms with Gasteiger partial charge in [0.1, 0.15) is 5.60 Å². The topological polar surface area (TPSA) is 64.1 Å². The second-order valence-corrected chi connectivity index (χ2v) is 6.31. The zero-order valence-corrected chi connectivity index (χ0v) is 13.6. The maximum Gasteiger partial charge on any atom is 0.414 e. The molecule has 0 aliphatic carbocycles. The van der Waals surface area contributed by atoms with Crippen molar-refractivity contribution in [2.75, 3.05) is 5.32 Å². The van der Waals surface area contributed by atoms with Gasteiger partial charge in [-0.05, 0) is 39.0 Å². The van der Waals surface area contributed by atoms with Gasteiger partial charge in [0.05, 0.1) is 5.69 Å². The zero-order chi connectivity index (χ0) is 15.5. The number of nitrogens with zero attached hydrogens (tertiary/aromatic N) is 2.